The Balaban J connectivity index is 2.28. The highest BCUT2D eigenvalue weighted by molar-refractivity contribution is 5.80. The molecule has 94 valence electrons. The summed E-state index contributed by atoms with van der Waals surface area (Å²) in [4.78, 5) is 15.9. The van der Waals surface area contributed by atoms with Crippen LogP contribution in [0.3, 0.4) is 0 Å². The van der Waals surface area contributed by atoms with Crippen LogP contribution in [0.2, 0.25) is 0 Å². The number of hydrogen-bond acceptors (Lipinski definition) is 3. The second kappa shape index (κ2) is 6.21. The molecule has 0 spiro atoms. The first kappa shape index (κ1) is 13.5. The maximum Gasteiger partial charge on any atom is 0.237 e. The average molecular weight is 227 g/mol. The van der Waals surface area contributed by atoms with Gasteiger partial charge >= 0.3 is 0 Å². The third-order valence-electron chi connectivity index (χ3n) is 3.36. The van der Waals surface area contributed by atoms with Crippen LogP contribution in [0.25, 0.3) is 0 Å². The molecule has 0 aromatic carbocycles. The van der Waals surface area contributed by atoms with Crippen molar-refractivity contribution < 1.29 is 4.79 Å². The summed E-state index contributed by atoms with van der Waals surface area (Å²) in [6, 6.07) is 0.578. The van der Waals surface area contributed by atoms with Crippen LogP contribution >= 0.6 is 0 Å². The third-order valence-corrected chi connectivity index (χ3v) is 3.36. The molecule has 0 saturated carbocycles. The van der Waals surface area contributed by atoms with Crippen LogP contribution in [0.1, 0.15) is 33.6 Å². The summed E-state index contributed by atoms with van der Waals surface area (Å²) in [7, 11) is 2.13. The number of rotatable bonds is 6. The van der Waals surface area contributed by atoms with Gasteiger partial charge in [-0.2, -0.15) is 0 Å². The molecule has 1 amide bonds. The highest BCUT2D eigenvalue weighted by atomic mass is 16.2. The van der Waals surface area contributed by atoms with Crippen LogP contribution in [0.5, 0.6) is 0 Å². The van der Waals surface area contributed by atoms with E-state index >= 15 is 0 Å². The highest BCUT2D eigenvalue weighted by Crippen LogP contribution is 2.09. The predicted molar refractivity (Wildman–Crippen MR) is 66.2 cm³/mol. The molecule has 4 nitrogen and oxygen atoms in total. The fraction of sp³-hybridized carbons (Fsp3) is 0.917. The van der Waals surface area contributed by atoms with Crippen molar-refractivity contribution in [3.05, 3.63) is 0 Å². The molecular formula is C12H25N3O. The van der Waals surface area contributed by atoms with Crippen molar-refractivity contribution in [2.24, 2.45) is 0 Å². The van der Waals surface area contributed by atoms with Crippen molar-refractivity contribution in [1.29, 1.82) is 0 Å². The van der Waals surface area contributed by atoms with Crippen LogP contribution in [0.15, 0.2) is 0 Å². The summed E-state index contributed by atoms with van der Waals surface area (Å²) >= 11 is 0. The van der Waals surface area contributed by atoms with E-state index in [1.54, 1.807) is 0 Å². The maximum atomic E-state index is 11.6. The van der Waals surface area contributed by atoms with Gasteiger partial charge in [0.1, 0.15) is 0 Å². The smallest absolute Gasteiger partial charge is 0.237 e. The molecule has 0 aliphatic carbocycles. The van der Waals surface area contributed by atoms with Crippen molar-refractivity contribution >= 4 is 5.91 Å². The van der Waals surface area contributed by atoms with Gasteiger partial charge in [-0.1, -0.05) is 6.92 Å². The van der Waals surface area contributed by atoms with Crippen molar-refractivity contribution in [3.63, 3.8) is 0 Å². The third kappa shape index (κ3) is 3.46. The lowest BCUT2D eigenvalue weighted by Crippen LogP contribution is -2.39. The Bertz CT molecular complexity index is 230. The lowest BCUT2D eigenvalue weighted by atomic mass is 10.3. The van der Waals surface area contributed by atoms with Gasteiger partial charge in [0.05, 0.1) is 12.7 Å². The van der Waals surface area contributed by atoms with Gasteiger partial charge in [0.25, 0.3) is 0 Å². The lowest BCUT2D eigenvalue weighted by Gasteiger charge is -2.26. The van der Waals surface area contributed by atoms with E-state index in [2.05, 4.69) is 38.0 Å². The first-order chi connectivity index (χ1) is 7.56. The zero-order chi connectivity index (χ0) is 12.1. The molecule has 1 atom stereocenters. The van der Waals surface area contributed by atoms with E-state index in [1.165, 1.54) is 0 Å². The summed E-state index contributed by atoms with van der Waals surface area (Å²) in [5.74, 6) is 0.249. The zero-order valence-electron chi connectivity index (χ0n) is 11.0. The molecule has 0 aromatic heterocycles. The van der Waals surface area contributed by atoms with Gasteiger partial charge in [-0.25, -0.2) is 0 Å². The molecule has 1 N–H and O–H groups in total. The second-order valence-electron chi connectivity index (χ2n) is 4.82. The standard InChI is InChI=1S/C12H25N3O/c1-5-11-13-9-12(16)15(11)8-6-7-14(4)10(2)3/h10-11,13H,5-9H2,1-4H3. The Morgan fingerprint density at radius 1 is 1.56 bits per heavy atom. The molecule has 1 saturated heterocycles. The minimum atomic E-state index is 0.249. The molecular weight excluding hydrogens is 202 g/mol. The van der Waals surface area contributed by atoms with E-state index in [1.807, 2.05) is 4.90 Å². The summed E-state index contributed by atoms with van der Waals surface area (Å²) in [5, 5.41) is 3.23. The fourth-order valence-corrected chi connectivity index (χ4v) is 1.98. The maximum absolute atomic E-state index is 11.6. The fourth-order valence-electron chi connectivity index (χ4n) is 1.98. The SMILES string of the molecule is CCC1NCC(=O)N1CCCN(C)C(C)C. The summed E-state index contributed by atoms with van der Waals surface area (Å²) in [6.07, 6.45) is 2.31. The van der Waals surface area contributed by atoms with Crippen molar-refractivity contribution in [1.82, 2.24) is 15.1 Å². The van der Waals surface area contributed by atoms with Crippen LogP contribution < -0.4 is 5.32 Å². The Morgan fingerprint density at radius 2 is 2.25 bits per heavy atom. The molecule has 1 aliphatic rings. The molecule has 0 bridgehead atoms. The zero-order valence-corrected chi connectivity index (χ0v) is 11.0. The van der Waals surface area contributed by atoms with Gasteiger partial charge in [0, 0.05) is 12.6 Å². The number of amides is 1. The quantitative estimate of drug-likeness (QED) is 0.732. The number of carbonyl (C=O) groups excluding carboxylic acids is 1. The molecule has 0 radical (unpaired) electrons. The number of nitrogens with zero attached hydrogens (tertiary/aromatic N) is 2. The molecule has 0 aromatic rings. The minimum absolute atomic E-state index is 0.249. The molecule has 1 fully saturated rings. The van der Waals surface area contributed by atoms with Crippen molar-refractivity contribution in [2.75, 3.05) is 26.7 Å². The average Bonchev–Trinajstić information content (AvgIpc) is 2.59. The van der Waals surface area contributed by atoms with Crippen LogP contribution in [-0.2, 0) is 4.79 Å². The first-order valence-electron chi connectivity index (χ1n) is 6.29. The Kier molecular flexibility index (Phi) is 5.22. The van der Waals surface area contributed by atoms with E-state index in [4.69, 9.17) is 0 Å². The molecule has 1 aliphatic heterocycles. The first-order valence-corrected chi connectivity index (χ1v) is 6.29. The van der Waals surface area contributed by atoms with E-state index in [0.29, 0.717) is 12.6 Å². The molecule has 4 heteroatoms. The van der Waals surface area contributed by atoms with Crippen molar-refractivity contribution in [2.45, 2.75) is 45.8 Å². The molecule has 1 rings (SSSR count). The summed E-state index contributed by atoms with van der Waals surface area (Å²) in [6.45, 7) is 8.94. The van der Waals surface area contributed by atoms with Crippen molar-refractivity contribution in [3.8, 4) is 0 Å². The topological polar surface area (TPSA) is 35.6 Å². The molecule has 1 unspecified atom stereocenters. The van der Waals surface area contributed by atoms with Crippen LogP contribution in [0, 0.1) is 0 Å². The van der Waals surface area contributed by atoms with E-state index in [9.17, 15) is 4.79 Å². The summed E-state index contributed by atoms with van der Waals surface area (Å²) < 4.78 is 0. The lowest BCUT2D eigenvalue weighted by molar-refractivity contribution is -0.128. The van der Waals surface area contributed by atoms with Gasteiger partial charge in [-0.05, 0) is 40.3 Å². The van der Waals surface area contributed by atoms with E-state index < -0.39 is 0 Å². The van der Waals surface area contributed by atoms with Gasteiger partial charge in [-0.3, -0.25) is 10.1 Å². The van der Waals surface area contributed by atoms with Crippen LogP contribution in [0.4, 0.5) is 0 Å². The molecule has 16 heavy (non-hydrogen) atoms. The Morgan fingerprint density at radius 3 is 2.81 bits per heavy atom. The Hall–Kier alpha value is -0.610. The van der Waals surface area contributed by atoms with E-state index in [0.717, 1.165) is 25.9 Å². The normalized spacial score (nSPS) is 21.5. The Labute approximate surface area is 99.0 Å². The molecule has 1 heterocycles. The number of carbonyl (C=O) groups is 1. The highest BCUT2D eigenvalue weighted by Gasteiger charge is 2.28. The van der Waals surface area contributed by atoms with Gasteiger partial charge in [0.2, 0.25) is 5.91 Å². The van der Waals surface area contributed by atoms with Gasteiger partial charge in [0.15, 0.2) is 0 Å². The summed E-state index contributed by atoms with van der Waals surface area (Å²) in [5.41, 5.74) is 0. The largest absolute Gasteiger partial charge is 0.326 e. The minimum Gasteiger partial charge on any atom is -0.326 e. The van der Waals surface area contributed by atoms with Gasteiger partial charge in [-0.15, -0.1) is 0 Å². The van der Waals surface area contributed by atoms with E-state index in [-0.39, 0.29) is 12.1 Å². The van der Waals surface area contributed by atoms with Crippen LogP contribution in [-0.4, -0.2) is 54.6 Å². The second-order valence-corrected chi connectivity index (χ2v) is 4.82. The van der Waals surface area contributed by atoms with Gasteiger partial charge < -0.3 is 9.80 Å². The number of nitrogens with one attached hydrogen (secondary N) is 1. The number of hydrogen-bond donors (Lipinski definition) is 1. The predicted octanol–water partition coefficient (Wildman–Crippen LogP) is 0.885. The monoisotopic (exact) mass is 227 g/mol.